The van der Waals surface area contributed by atoms with Gasteiger partial charge in [0.2, 0.25) is 5.91 Å². The molecule has 2 amide bonds. The number of carbonyl (C=O) groups is 2. The van der Waals surface area contributed by atoms with Crippen LogP contribution in [0.4, 0.5) is 24.5 Å². The van der Waals surface area contributed by atoms with Gasteiger partial charge in [0.05, 0.1) is 22.9 Å². The Kier molecular flexibility index (Phi) is 6.09. The summed E-state index contributed by atoms with van der Waals surface area (Å²) >= 11 is 1.45. The lowest BCUT2D eigenvalue weighted by atomic mass is 9.96. The molecule has 2 aromatic carbocycles. The van der Waals surface area contributed by atoms with Crippen LogP contribution in [0.15, 0.2) is 47.4 Å². The number of nitrogens with zero attached hydrogens (tertiary/aromatic N) is 1. The van der Waals surface area contributed by atoms with E-state index in [1.165, 1.54) is 30.8 Å². The third-order valence-corrected chi connectivity index (χ3v) is 7.21. The predicted octanol–water partition coefficient (Wildman–Crippen LogP) is 4.75. The van der Waals surface area contributed by atoms with Gasteiger partial charge in [-0.2, -0.15) is 13.2 Å². The van der Waals surface area contributed by atoms with Gasteiger partial charge in [-0.05, 0) is 50.6 Å². The predicted molar refractivity (Wildman–Crippen MR) is 122 cm³/mol. The number of halogens is 3. The van der Waals surface area contributed by atoms with E-state index < -0.39 is 22.6 Å². The van der Waals surface area contributed by atoms with E-state index in [0.29, 0.717) is 11.3 Å². The minimum atomic E-state index is -4.50. The summed E-state index contributed by atoms with van der Waals surface area (Å²) in [5.41, 5.74) is 0.0586. The minimum Gasteiger partial charge on any atom is -0.351 e. The average molecular weight is 479 g/mol. The molecule has 1 saturated heterocycles. The van der Waals surface area contributed by atoms with Crippen LogP contribution in [-0.4, -0.2) is 40.3 Å². The van der Waals surface area contributed by atoms with Crippen LogP contribution in [0.3, 0.4) is 0 Å². The lowest BCUT2D eigenvalue weighted by molar-refractivity contribution is -0.137. The maximum absolute atomic E-state index is 13.1. The number of fused-ring (bicyclic) bond motifs is 1. The van der Waals surface area contributed by atoms with Crippen LogP contribution in [-0.2, 0) is 11.0 Å². The summed E-state index contributed by atoms with van der Waals surface area (Å²) < 4.78 is 39.1. The maximum Gasteiger partial charge on any atom is 0.416 e. The fraction of sp³-hybridized carbons (Fsp3) is 0.391. The Labute approximate surface area is 194 Å². The van der Waals surface area contributed by atoms with Crippen LogP contribution in [0, 0.1) is 0 Å². The number of alkyl halides is 3. The Balaban J connectivity index is 1.62. The van der Waals surface area contributed by atoms with E-state index in [4.69, 9.17) is 0 Å². The molecule has 2 aliphatic rings. The van der Waals surface area contributed by atoms with Crippen molar-refractivity contribution in [3.05, 3.63) is 53.6 Å². The standard InChI is InChI=1S/C23H25F3N4O2S/c1-13(2)30-11-10-19(30)23(28-14(3)31)29-20-17(8-5-9-18(20)33-23)21(32)27-16-7-4-6-15(12-16)22(24,25)26/h4-9,12-13,19,29H,10-11H2,1-3H3,(H,27,32)(H,28,31). The minimum absolute atomic E-state index is 0.0122. The zero-order valence-corrected chi connectivity index (χ0v) is 19.2. The molecule has 1 fully saturated rings. The smallest absolute Gasteiger partial charge is 0.351 e. The molecule has 33 heavy (non-hydrogen) atoms. The summed E-state index contributed by atoms with van der Waals surface area (Å²) in [6.45, 7) is 6.54. The Morgan fingerprint density at radius 1 is 1.21 bits per heavy atom. The molecule has 2 unspecified atom stereocenters. The molecule has 6 nitrogen and oxygen atoms in total. The molecule has 0 radical (unpaired) electrons. The van der Waals surface area contributed by atoms with Crippen LogP contribution in [0.5, 0.6) is 0 Å². The Hall–Kier alpha value is -2.72. The van der Waals surface area contributed by atoms with Gasteiger partial charge in [-0.1, -0.05) is 23.9 Å². The largest absolute Gasteiger partial charge is 0.416 e. The van der Waals surface area contributed by atoms with Gasteiger partial charge in [-0.3, -0.25) is 14.5 Å². The molecule has 0 saturated carbocycles. The van der Waals surface area contributed by atoms with Gasteiger partial charge in [0.1, 0.15) is 0 Å². The van der Waals surface area contributed by atoms with Gasteiger partial charge in [-0.15, -0.1) is 0 Å². The topological polar surface area (TPSA) is 73.5 Å². The van der Waals surface area contributed by atoms with Crippen molar-refractivity contribution in [1.29, 1.82) is 0 Å². The molecule has 2 atom stereocenters. The number of benzene rings is 2. The van der Waals surface area contributed by atoms with Gasteiger partial charge >= 0.3 is 6.18 Å². The number of amides is 2. The van der Waals surface area contributed by atoms with E-state index in [-0.39, 0.29) is 23.7 Å². The second kappa shape index (κ2) is 8.57. The summed E-state index contributed by atoms with van der Waals surface area (Å²) in [6.07, 6.45) is -3.63. The van der Waals surface area contributed by atoms with Crippen LogP contribution in [0.25, 0.3) is 0 Å². The van der Waals surface area contributed by atoms with Crippen molar-refractivity contribution in [2.24, 2.45) is 0 Å². The SMILES string of the molecule is CC(=O)NC1(C2CCN2C(C)C)Nc2c(cccc2C(=O)Nc2cccc(C(F)(F)F)c2)S1. The van der Waals surface area contributed by atoms with Crippen LogP contribution in [0.1, 0.15) is 43.1 Å². The molecule has 0 aromatic heterocycles. The van der Waals surface area contributed by atoms with Crippen molar-refractivity contribution in [2.45, 2.75) is 55.3 Å². The molecule has 3 N–H and O–H groups in total. The van der Waals surface area contributed by atoms with Gasteiger partial charge in [-0.25, -0.2) is 0 Å². The molecular formula is C23H25F3N4O2S. The number of hydrogen-bond donors (Lipinski definition) is 3. The molecule has 176 valence electrons. The van der Waals surface area contributed by atoms with Crippen LogP contribution >= 0.6 is 11.8 Å². The van der Waals surface area contributed by atoms with Crippen LogP contribution < -0.4 is 16.0 Å². The molecule has 2 aromatic rings. The quantitative estimate of drug-likeness (QED) is 0.579. The first kappa shape index (κ1) is 23.4. The van der Waals surface area contributed by atoms with Crippen LogP contribution in [0.2, 0.25) is 0 Å². The van der Waals surface area contributed by atoms with E-state index >= 15 is 0 Å². The van der Waals surface area contributed by atoms with Gasteiger partial charge in [0.15, 0.2) is 4.99 Å². The highest BCUT2D eigenvalue weighted by Crippen LogP contribution is 2.51. The monoisotopic (exact) mass is 478 g/mol. The molecule has 2 heterocycles. The zero-order valence-electron chi connectivity index (χ0n) is 18.4. The number of hydrogen-bond acceptors (Lipinski definition) is 5. The van der Waals surface area contributed by atoms with E-state index in [1.54, 1.807) is 12.1 Å². The summed E-state index contributed by atoms with van der Waals surface area (Å²) in [7, 11) is 0. The fourth-order valence-electron chi connectivity index (χ4n) is 4.31. The molecule has 0 spiro atoms. The van der Waals surface area contributed by atoms with Crippen molar-refractivity contribution in [3.8, 4) is 0 Å². The van der Waals surface area contributed by atoms with Crippen molar-refractivity contribution in [2.75, 3.05) is 17.2 Å². The highest BCUT2D eigenvalue weighted by molar-refractivity contribution is 8.01. The third kappa shape index (κ3) is 4.54. The molecule has 0 bridgehead atoms. The van der Waals surface area contributed by atoms with Gasteiger partial charge in [0.25, 0.3) is 5.91 Å². The zero-order chi connectivity index (χ0) is 24.0. The van der Waals surface area contributed by atoms with Crippen molar-refractivity contribution in [3.63, 3.8) is 0 Å². The van der Waals surface area contributed by atoms with Gasteiger partial charge < -0.3 is 16.0 Å². The van der Waals surface area contributed by atoms with E-state index in [0.717, 1.165) is 30.0 Å². The van der Waals surface area contributed by atoms with E-state index in [9.17, 15) is 22.8 Å². The fourth-order valence-corrected chi connectivity index (χ4v) is 5.80. The van der Waals surface area contributed by atoms with Crippen molar-refractivity contribution in [1.82, 2.24) is 10.2 Å². The van der Waals surface area contributed by atoms with Gasteiger partial charge in [0, 0.05) is 30.1 Å². The Morgan fingerprint density at radius 2 is 1.94 bits per heavy atom. The lowest BCUT2D eigenvalue weighted by Crippen LogP contribution is -2.69. The summed E-state index contributed by atoms with van der Waals surface area (Å²) in [5.74, 6) is -0.736. The average Bonchev–Trinajstić information content (AvgIpc) is 3.03. The lowest BCUT2D eigenvalue weighted by Gasteiger charge is -2.52. The third-order valence-electron chi connectivity index (χ3n) is 5.86. The number of nitrogens with one attached hydrogen (secondary N) is 3. The number of para-hydroxylation sites is 1. The first-order valence-electron chi connectivity index (χ1n) is 10.6. The number of rotatable bonds is 5. The van der Waals surface area contributed by atoms with E-state index in [2.05, 4.69) is 34.7 Å². The highest BCUT2D eigenvalue weighted by atomic mass is 32.2. The van der Waals surface area contributed by atoms with Crippen molar-refractivity contribution >= 4 is 35.0 Å². The second-order valence-electron chi connectivity index (χ2n) is 8.49. The number of thioether (sulfide) groups is 1. The number of carbonyl (C=O) groups excluding carboxylic acids is 2. The molecule has 10 heteroatoms. The summed E-state index contributed by atoms with van der Waals surface area (Å²) in [4.78, 5) is 27.4. The molecular weight excluding hydrogens is 453 g/mol. The highest BCUT2D eigenvalue weighted by Gasteiger charge is 2.52. The number of likely N-dealkylation sites (tertiary alicyclic amines) is 1. The summed E-state index contributed by atoms with van der Waals surface area (Å²) in [6, 6.07) is 10.0. The molecule has 2 aliphatic heterocycles. The first-order chi connectivity index (χ1) is 15.5. The molecule has 4 rings (SSSR count). The number of anilines is 2. The Morgan fingerprint density at radius 3 is 2.55 bits per heavy atom. The summed E-state index contributed by atoms with van der Waals surface area (Å²) in [5, 5.41) is 9.00. The normalized spacial score (nSPS) is 22.3. The maximum atomic E-state index is 13.1. The van der Waals surface area contributed by atoms with Crippen molar-refractivity contribution < 1.29 is 22.8 Å². The Bertz CT molecular complexity index is 1090. The molecule has 0 aliphatic carbocycles. The first-order valence-corrected chi connectivity index (χ1v) is 11.4. The van der Waals surface area contributed by atoms with E-state index in [1.807, 2.05) is 6.07 Å². The second-order valence-corrected chi connectivity index (χ2v) is 9.78.